The van der Waals surface area contributed by atoms with Crippen molar-refractivity contribution >= 4 is 27.9 Å². The van der Waals surface area contributed by atoms with E-state index >= 15 is 0 Å². The molecule has 3 heteroatoms. The fourth-order valence-electron chi connectivity index (χ4n) is 1.02. The zero-order valence-electron chi connectivity index (χ0n) is 7.96. The monoisotopic (exact) mass is 253 g/mol. The van der Waals surface area contributed by atoms with Crippen molar-refractivity contribution in [3.8, 4) is 0 Å². The second-order valence-corrected chi connectivity index (χ2v) is 3.70. The number of rotatable bonds is 3. The smallest absolute Gasteiger partial charge is 0.243 e. The fourth-order valence-corrected chi connectivity index (χ4v) is 1.43. The molecule has 1 amide bonds. The Kier molecular flexibility index (Phi) is 4.40. The van der Waals surface area contributed by atoms with E-state index in [2.05, 4.69) is 21.2 Å². The molecule has 1 N–H and O–H groups in total. The SMILES string of the molecule is CCNC(=O)/C=C/c1cccc(Br)c1. The van der Waals surface area contributed by atoms with Gasteiger partial charge < -0.3 is 5.32 Å². The van der Waals surface area contributed by atoms with Crippen molar-refractivity contribution in [1.29, 1.82) is 0 Å². The Labute approximate surface area is 92.1 Å². The zero-order chi connectivity index (χ0) is 10.4. The van der Waals surface area contributed by atoms with Crippen molar-refractivity contribution in [2.75, 3.05) is 6.54 Å². The number of nitrogens with one attached hydrogen (secondary N) is 1. The van der Waals surface area contributed by atoms with Crippen LogP contribution >= 0.6 is 15.9 Å². The lowest BCUT2D eigenvalue weighted by molar-refractivity contribution is -0.116. The van der Waals surface area contributed by atoms with Crippen LogP contribution in [0.4, 0.5) is 0 Å². The Balaban J connectivity index is 2.64. The van der Waals surface area contributed by atoms with Gasteiger partial charge in [-0.05, 0) is 30.7 Å². The van der Waals surface area contributed by atoms with Crippen molar-refractivity contribution in [2.24, 2.45) is 0 Å². The Morgan fingerprint density at radius 1 is 1.57 bits per heavy atom. The van der Waals surface area contributed by atoms with E-state index in [4.69, 9.17) is 0 Å². The van der Waals surface area contributed by atoms with Gasteiger partial charge in [0.15, 0.2) is 0 Å². The van der Waals surface area contributed by atoms with Gasteiger partial charge in [0.25, 0.3) is 0 Å². The average Bonchev–Trinajstić information content (AvgIpc) is 2.15. The molecule has 0 saturated carbocycles. The van der Waals surface area contributed by atoms with Crippen LogP contribution in [0.15, 0.2) is 34.8 Å². The van der Waals surface area contributed by atoms with Crippen molar-refractivity contribution in [3.63, 3.8) is 0 Å². The largest absolute Gasteiger partial charge is 0.353 e. The van der Waals surface area contributed by atoms with E-state index in [1.165, 1.54) is 6.08 Å². The first kappa shape index (κ1) is 11.0. The number of likely N-dealkylation sites (N-methyl/N-ethyl adjacent to an activating group) is 1. The zero-order valence-corrected chi connectivity index (χ0v) is 9.54. The normalized spacial score (nSPS) is 10.4. The molecule has 0 aromatic heterocycles. The predicted octanol–water partition coefficient (Wildman–Crippen LogP) is 2.60. The maximum absolute atomic E-state index is 11.1. The van der Waals surface area contributed by atoms with E-state index in [9.17, 15) is 4.79 Å². The summed E-state index contributed by atoms with van der Waals surface area (Å²) in [5.41, 5.74) is 1.01. The van der Waals surface area contributed by atoms with Gasteiger partial charge in [-0.2, -0.15) is 0 Å². The first-order valence-corrected chi connectivity index (χ1v) is 5.23. The van der Waals surface area contributed by atoms with Crippen LogP contribution in [0, 0.1) is 0 Å². The van der Waals surface area contributed by atoms with Gasteiger partial charge in [-0.1, -0.05) is 28.1 Å². The van der Waals surface area contributed by atoms with Gasteiger partial charge >= 0.3 is 0 Å². The standard InChI is InChI=1S/C11H12BrNO/c1-2-13-11(14)7-6-9-4-3-5-10(12)8-9/h3-8H,2H2,1H3,(H,13,14)/b7-6+. The van der Waals surface area contributed by atoms with E-state index in [-0.39, 0.29) is 5.91 Å². The Bertz CT molecular complexity index is 347. The summed E-state index contributed by atoms with van der Waals surface area (Å²) >= 11 is 3.37. The third-order valence-corrected chi connectivity index (χ3v) is 2.12. The van der Waals surface area contributed by atoms with Crippen molar-refractivity contribution in [2.45, 2.75) is 6.92 Å². The minimum Gasteiger partial charge on any atom is -0.353 e. The molecule has 1 aromatic carbocycles. The Hall–Kier alpha value is -1.09. The van der Waals surface area contributed by atoms with E-state index in [1.807, 2.05) is 31.2 Å². The molecule has 14 heavy (non-hydrogen) atoms. The van der Waals surface area contributed by atoms with Crippen molar-refractivity contribution < 1.29 is 4.79 Å². The molecule has 0 aliphatic carbocycles. The van der Waals surface area contributed by atoms with Crippen LogP contribution < -0.4 is 5.32 Å². The predicted molar refractivity (Wildman–Crippen MR) is 61.9 cm³/mol. The van der Waals surface area contributed by atoms with E-state index in [0.29, 0.717) is 6.54 Å². The molecule has 0 aliphatic heterocycles. The highest BCUT2D eigenvalue weighted by atomic mass is 79.9. The topological polar surface area (TPSA) is 29.1 Å². The molecule has 0 fully saturated rings. The first-order valence-electron chi connectivity index (χ1n) is 4.44. The summed E-state index contributed by atoms with van der Waals surface area (Å²) in [6.07, 6.45) is 3.32. The second kappa shape index (κ2) is 5.60. The van der Waals surface area contributed by atoms with Crippen LogP contribution in [-0.2, 0) is 4.79 Å². The lowest BCUT2D eigenvalue weighted by Gasteiger charge is -1.96. The molecule has 0 unspecified atom stereocenters. The molecule has 0 heterocycles. The Morgan fingerprint density at radius 3 is 3.00 bits per heavy atom. The number of hydrogen-bond acceptors (Lipinski definition) is 1. The summed E-state index contributed by atoms with van der Waals surface area (Å²) in [6, 6.07) is 7.78. The quantitative estimate of drug-likeness (QED) is 0.825. The molecule has 1 aromatic rings. The lowest BCUT2D eigenvalue weighted by Crippen LogP contribution is -2.19. The number of hydrogen-bond donors (Lipinski definition) is 1. The molecule has 74 valence electrons. The van der Waals surface area contributed by atoms with Crippen molar-refractivity contribution in [1.82, 2.24) is 5.32 Å². The van der Waals surface area contributed by atoms with Gasteiger partial charge in [-0.25, -0.2) is 0 Å². The molecular formula is C11H12BrNO. The molecule has 0 radical (unpaired) electrons. The van der Waals surface area contributed by atoms with Crippen LogP contribution in [-0.4, -0.2) is 12.5 Å². The summed E-state index contributed by atoms with van der Waals surface area (Å²) in [7, 11) is 0. The summed E-state index contributed by atoms with van der Waals surface area (Å²) < 4.78 is 1.01. The highest BCUT2D eigenvalue weighted by Gasteiger charge is 1.92. The number of benzene rings is 1. The van der Waals surface area contributed by atoms with Gasteiger partial charge in [-0.3, -0.25) is 4.79 Å². The van der Waals surface area contributed by atoms with Crippen LogP contribution in [0.1, 0.15) is 12.5 Å². The van der Waals surface area contributed by atoms with Crippen LogP contribution in [0.2, 0.25) is 0 Å². The highest BCUT2D eigenvalue weighted by molar-refractivity contribution is 9.10. The average molecular weight is 254 g/mol. The summed E-state index contributed by atoms with van der Waals surface area (Å²) in [6.45, 7) is 2.55. The summed E-state index contributed by atoms with van der Waals surface area (Å²) in [5.74, 6) is -0.0625. The summed E-state index contributed by atoms with van der Waals surface area (Å²) in [4.78, 5) is 11.1. The van der Waals surface area contributed by atoms with Gasteiger partial charge in [-0.15, -0.1) is 0 Å². The molecule has 2 nitrogen and oxygen atoms in total. The number of carbonyl (C=O) groups excluding carboxylic acids is 1. The number of carbonyl (C=O) groups is 1. The highest BCUT2D eigenvalue weighted by Crippen LogP contribution is 2.12. The van der Waals surface area contributed by atoms with Gasteiger partial charge in [0.1, 0.15) is 0 Å². The number of halogens is 1. The minimum absolute atomic E-state index is 0.0625. The maximum atomic E-state index is 11.1. The van der Waals surface area contributed by atoms with Gasteiger partial charge in [0.2, 0.25) is 5.91 Å². The first-order chi connectivity index (χ1) is 6.72. The maximum Gasteiger partial charge on any atom is 0.243 e. The fraction of sp³-hybridized carbons (Fsp3) is 0.182. The third kappa shape index (κ3) is 3.75. The van der Waals surface area contributed by atoms with Gasteiger partial charge in [0.05, 0.1) is 0 Å². The molecule has 1 rings (SSSR count). The second-order valence-electron chi connectivity index (χ2n) is 2.78. The van der Waals surface area contributed by atoms with Crippen molar-refractivity contribution in [3.05, 3.63) is 40.4 Å². The van der Waals surface area contributed by atoms with E-state index in [0.717, 1.165) is 10.0 Å². The molecule has 0 spiro atoms. The lowest BCUT2D eigenvalue weighted by atomic mass is 10.2. The minimum atomic E-state index is -0.0625. The molecule has 0 atom stereocenters. The van der Waals surface area contributed by atoms with E-state index < -0.39 is 0 Å². The molecular weight excluding hydrogens is 242 g/mol. The van der Waals surface area contributed by atoms with Crippen LogP contribution in [0.3, 0.4) is 0 Å². The van der Waals surface area contributed by atoms with Crippen LogP contribution in [0.25, 0.3) is 6.08 Å². The summed E-state index contributed by atoms with van der Waals surface area (Å²) in [5, 5.41) is 2.69. The van der Waals surface area contributed by atoms with Gasteiger partial charge in [0, 0.05) is 17.1 Å². The van der Waals surface area contributed by atoms with E-state index in [1.54, 1.807) is 6.08 Å². The number of amides is 1. The molecule has 0 aliphatic rings. The molecule has 0 bridgehead atoms. The van der Waals surface area contributed by atoms with Crippen LogP contribution in [0.5, 0.6) is 0 Å². The molecule has 0 saturated heterocycles. The Morgan fingerprint density at radius 2 is 2.36 bits per heavy atom. The third-order valence-electron chi connectivity index (χ3n) is 1.63.